The maximum absolute atomic E-state index is 12.5. The van der Waals surface area contributed by atoms with Gasteiger partial charge in [0.05, 0.1) is 12.3 Å². The number of rotatable bonds is 6. The number of carbonyl (C=O) groups is 1. The van der Waals surface area contributed by atoms with Crippen molar-refractivity contribution in [2.45, 2.75) is 39.0 Å². The SMILES string of the molecule is CCCCOc1ccc([C@@H]2CC(=O)Nc3c(-c4ccc(C)cc4)csc32)cc1. The summed E-state index contributed by atoms with van der Waals surface area (Å²) < 4.78 is 5.77. The minimum absolute atomic E-state index is 0.0764. The lowest BCUT2D eigenvalue weighted by Gasteiger charge is -2.24. The molecule has 1 aromatic heterocycles. The molecule has 0 saturated carbocycles. The van der Waals surface area contributed by atoms with Crippen LogP contribution in [0.5, 0.6) is 5.75 Å². The first-order valence-corrected chi connectivity index (χ1v) is 10.7. The number of amides is 1. The van der Waals surface area contributed by atoms with Gasteiger partial charge in [-0.05, 0) is 36.6 Å². The Kier molecular flexibility index (Phi) is 5.49. The molecule has 1 amide bonds. The van der Waals surface area contributed by atoms with Crippen LogP contribution >= 0.6 is 11.3 Å². The first-order chi connectivity index (χ1) is 13.7. The second-order valence-electron chi connectivity index (χ2n) is 7.33. The largest absolute Gasteiger partial charge is 0.494 e. The summed E-state index contributed by atoms with van der Waals surface area (Å²) in [6.07, 6.45) is 2.67. The molecule has 2 heterocycles. The molecule has 3 nitrogen and oxygen atoms in total. The van der Waals surface area contributed by atoms with E-state index in [1.807, 2.05) is 12.1 Å². The van der Waals surface area contributed by atoms with Crippen molar-refractivity contribution in [2.75, 3.05) is 11.9 Å². The predicted octanol–water partition coefficient (Wildman–Crippen LogP) is 6.38. The van der Waals surface area contributed by atoms with Crippen LogP contribution in [0.1, 0.15) is 48.1 Å². The van der Waals surface area contributed by atoms with E-state index in [1.54, 1.807) is 11.3 Å². The van der Waals surface area contributed by atoms with Crippen LogP contribution in [-0.4, -0.2) is 12.5 Å². The Morgan fingerprint density at radius 3 is 2.57 bits per heavy atom. The van der Waals surface area contributed by atoms with Crippen LogP contribution in [0.25, 0.3) is 11.1 Å². The number of hydrogen-bond acceptors (Lipinski definition) is 3. The van der Waals surface area contributed by atoms with Crippen LogP contribution < -0.4 is 10.1 Å². The molecule has 0 spiro atoms. The van der Waals surface area contributed by atoms with Crippen LogP contribution in [0.3, 0.4) is 0 Å². The number of hydrogen-bond donors (Lipinski definition) is 1. The van der Waals surface area contributed by atoms with Crippen LogP contribution in [-0.2, 0) is 4.79 Å². The van der Waals surface area contributed by atoms with Crippen molar-refractivity contribution < 1.29 is 9.53 Å². The average molecular weight is 392 g/mol. The van der Waals surface area contributed by atoms with Crippen LogP contribution in [0.15, 0.2) is 53.9 Å². The van der Waals surface area contributed by atoms with Gasteiger partial charge in [-0.1, -0.05) is 55.3 Å². The molecule has 0 aliphatic carbocycles. The molecule has 144 valence electrons. The van der Waals surface area contributed by atoms with Gasteiger partial charge in [0.25, 0.3) is 0 Å². The number of carbonyl (C=O) groups excluding carboxylic acids is 1. The van der Waals surface area contributed by atoms with Gasteiger partial charge in [0.15, 0.2) is 0 Å². The van der Waals surface area contributed by atoms with E-state index in [1.165, 1.54) is 10.4 Å². The zero-order valence-corrected chi connectivity index (χ0v) is 17.1. The smallest absolute Gasteiger partial charge is 0.225 e. The van der Waals surface area contributed by atoms with Gasteiger partial charge < -0.3 is 10.1 Å². The van der Waals surface area contributed by atoms with Gasteiger partial charge in [0, 0.05) is 28.2 Å². The third-order valence-electron chi connectivity index (χ3n) is 5.20. The first-order valence-electron chi connectivity index (χ1n) is 9.86. The Bertz CT molecular complexity index is 957. The van der Waals surface area contributed by atoms with E-state index in [4.69, 9.17) is 4.74 Å². The van der Waals surface area contributed by atoms with E-state index in [0.29, 0.717) is 6.42 Å². The number of benzene rings is 2. The van der Waals surface area contributed by atoms with Gasteiger partial charge in [0.1, 0.15) is 5.75 Å². The Labute approximate surface area is 170 Å². The highest BCUT2D eigenvalue weighted by Gasteiger charge is 2.30. The molecule has 4 heteroatoms. The molecule has 3 aromatic rings. The average Bonchev–Trinajstić information content (AvgIpc) is 3.12. The lowest BCUT2D eigenvalue weighted by atomic mass is 9.89. The summed E-state index contributed by atoms with van der Waals surface area (Å²) in [6, 6.07) is 16.7. The molecule has 2 aromatic carbocycles. The third-order valence-corrected chi connectivity index (χ3v) is 6.30. The lowest BCUT2D eigenvalue weighted by molar-refractivity contribution is -0.116. The molecule has 0 fully saturated rings. The van der Waals surface area contributed by atoms with E-state index in [2.05, 4.69) is 60.9 Å². The van der Waals surface area contributed by atoms with Gasteiger partial charge in [-0.25, -0.2) is 0 Å². The van der Waals surface area contributed by atoms with Crippen molar-refractivity contribution in [3.05, 3.63) is 69.9 Å². The van der Waals surface area contributed by atoms with E-state index in [9.17, 15) is 4.79 Å². The van der Waals surface area contributed by atoms with Crippen molar-refractivity contribution >= 4 is 22.9 Å². The fourth-order valence-electron chi connectivity index (χ4n) is 3.57. The predicted molar refractivity (Wildman–Crippen MR) is 116 cm³/mol. The lowest BCUT2D eigenvalue weighted by Crippen LogP contribution is -2.22. The summed E-state index contributed by atoms with van der Waals surface area (Å²) in [5.74, 6) is 1.06. The number of thiophene rings is 1. The minimum Gasteiger partial charge on any atom is -0.494 e. The van der Waals surface area contributed by atoms with Gasteiger partial charge in [-0.2, -0.15) is 0 Å². The quantitative estimate of drug-likeness (QED) is 0.495. The highest BCUT2D eigenvalue weighted by molar-refractivity contribution is 7.11. The fraction of sp³-hybridized carbons (Fsp3) is 0.292. The molecule has 0 radical (unpaired) electrons. The van der Waals surface area contributed by atoms with Crippen LogP contribution in [0.4, 0.5) is 5.69 Å². The number of ether oxygens (including phenoxy) is 1. The summed E-state index contributed by atoms with van der Waals surface area (Å²) in [4.78, 5) is 13.7. The summed E-state index contributed by atoms with van der Waals surface area (Å²) in [7, 11) is 0. The standard InChI is InChI=1S/C24H25NO2S/c1-3-4-13-27-19-11-9-17(10-12-19)20-14-22(26)25-23-21(15-28-24(20)23)18-7-5-16(2)6-8-18/h5-12,15,20H,3-4,13-14H2,1-2H3,(H,25,26)/t20-/m0/s1. The molecule has 0 bridgehead atoms. The van der Waals surface area contributed by atoms with Crippen molar-refractivity contribution in [2.24, 2.45) is 0 Å². The molecule has 1 N–H and O–H groups in total. The van der Waals surface area contributed by atoms with Crippen molar-refractivity contribution in [1.82, 2.24) is 0 Å². The molecule has 28 heavy (non-hydrogen) atoms. The Morgan fingerprint density at radius 1 is 1.11 bits per heavy atom. The number of anilines is 1. The van der Waals surface area contributed by atoms with E-state index in [-0.39, 0.29) is 11.8 Å². The maximum atomic E-state index is 12.5. The highest BCUT2D eigenvalue weighted by Crippen LogP contribution is 2.46. The molecular weight excluding hydrogens is 366 g/mol. The molecule has 0 unspecified atom stereocenters. The molecule has 1 atom stereocenters. The summed E-state index contributed by atoms with van der Waals surface area (Å²) in [5.41, 5.74) is 5.62. The normalized spacial score (nSPS) is 15.8. The summed E-state index contributed by atoms with van der Waals surface area (Å²) in [5, 5.41) is 5.28. The number of fused-ring (bicyclic) bond motifs is 1. The molecule has 1 aliphatic rings. The molecular formula is C24H25NO2S. The van der Waals surface area contributed by atoms with Gasteiger partial charge in [0.2, 0.25) is 5.91 Å². The second kappa shape index (κ2) is 8.19. The zero-order valence-electron chi connectivity index (χ0n) is 16.3. The Balaban J connectivity index is 1.62. The van der Waals surface area contributed by atoms with Crippen LogP contribution in [0, 0.1) is 6.92 Å². The number of unbranched alkanes of at least 4 members (excludes halogenated alkanes) is 1. The van der Waals surface area contributed by atoms with E-state index < -0.39 is 0 Å². The second-order valence-corrected chi connectivity index (χ2v) is 8.24. The minimum atomic E-state index is 0.0764. The summed E-state index contributed by atoms with van der Waals surface area (Å²) in [6.45, 7) is 4.99. The van der Waals surface area contributed by atoms with Gasteiger partial charge >= 0.3 is 0 Å². The maximum Gasteiger partial charge on any atom is 0.225 e. The molecule has 1 aliphatic heterocycles. The summed E-state index contributed by atoms with van der Waals surface area (Å²) >= 11 is 1.73. The Hall–Kier alpha value is -2.59. The van der Waals surface area contributed by atoms with E-state index in [0.717, 1.165) is 47.6 Å². The fourth-order valence-corrected chi connectivity index (χ4v) is 4.73. The topological polar surface area (TPSA) is 38.3 Å². The van der Waals surface area contributed by atoms with Crippen molar-refractivity contribution in [3.8, 4) is 16.9 Å². The number of nitrogens with one attached hydrogen (secondary N) is 1. The van der Waals surface area contributed by atoms with E-state index >= 15 is 0 Å². The third kappa shape index (κ3) is 3.83. The Morgan fingerprint density at radius 2 is 1.86 bits per heavy atom. The van der Waals surface area contributed by atoms with Crippen LogP contribution in [0.2, 0.25) is 0 Å². The molecule has 4 rings (SSSR count). The highest BCUT2D eigenvalue weighted by atomic mass is 32.1. The molecule has 0 saturated heterocycles. The van der Waals surface area contributed by atoms with Gasteiger partial charge in [-0.15, -0.1) is 11.3 Å². The van der Waals surface area contributed by atoms with Crippen molar-refractivity contribution in [1.29, 1.82) is 0 Å². The van der Waals surface area contributed by atoms with Crippen molar-refractivity contribution in [3.63, 3.8) is 0 Å². The van der Waals surface area contributed by atoms with Gasteiger partial charge in [-0.3, -0.25) is 4.79 Å². The monoisotopic (exact) mass is 391 g/mol. The number of aryl methyl sites for hydroxylation is 1. The first kappa shape index (κ1) is 18.8. The zero-order chi connectivity index (χ0) is 19.5.